The summed E-state index contributed by atoms with van der Waals surface area (Å²) in [7, 11) is 0. The molecule has 1 aliphatic rings. The van der Waals surface area contributed by atoms with E-state index in [4.69, 9.17) is 5.11 Å². The number of anilines is 1. The fourth-order valence-electron chi connectivity index (χ4n) is 1.82. The Morgan fingerprint density at radius 3 is 2.44 bits per heavy atom. The summed E-state index contributed by atoms with van der Waals surface area (Å²) in [5.41, 5.74) is -0.829. The average molecular weight is 256 g/mol. The molecule has 0 saturated carbocycles. The number of halogens is 2. The number of hydrogen-bond acceptors (Lipinski definition) is 3. The van der Waals surface area contributed by atoms with E-state index in [-0.39, 0.29) is 24.7 Å². The summed E-state index contributed by atoms with van der Waals surface area (Å²) in [6.07, 6.45) is 0. The number of rotatable bonds is 2. The molecule has 2 rings (SSSR count). The summed E-state index contributed by atoms with van der Waals surface area (Å²) in [5, 5.41) is 11.2. The lowest BCUT2D eigenvalue weighted by molar-refractivity contribution is -0.120. The van der Waals surface area contributed by atoms with Gasteiger partial charge in [0.15, 0.2) is 0 Å². The smallest absolute Gasteiger partial charge is 0.335 e. The van der Waals surface area contributed by atoms with Gasteiger partial charge in [0.25, 0.3) is 0 Å². The van der Waals surface area contributed by atoms with Crippen molar-refractivity contribution in [2.24, 2.45) is 0 Å². The summed E-state index contributed by atoms with van der Waals surface area (Å²) in [4.78, 5) is 23.0. The van der Waals surface area contributed by atoms with Crippen LogP contribution in [0, 0.1) is 11.6 Å². The number of aromatic carboxylic acids is 1. The van der Waals surface area contributed by atoms with Crippen molar-refractivity contribution in [1.29, 1.82) is 0 Å². The molecule has 2 N–H and O–H groups in total. The van der Waals surface area contributed by atoms with Gasteiger partial charge >= 0.3 is 5.97 Å². The molecule has 0 bridgehead atoms. The van der Waals surface area contributed by atoms with E-state index in [1.807, 2.05) is 0 Å². The Bertz CT molecular complexity index is 496. The minimum absolute atomic E-state index is 0.153. The van der Waals surface area contributed by atoms with E-state index >= 15 is 0 Å². The maximum Gasteiger partial charge on any atom is 0.335 e. The predicted molar refractivity (Wildman–Crippen MR) is 58.5 cm³/mol. The van der Waals surface area contributed by atoms with E-state index in [0.29, 0.717) is 6.54 Å². The highest BCUT2D eigenvalue weighted by molar-refractivity contribution is 5.88. The van der Waals surface area contributed by atoms with Gasteiger partial charge in [-0.3, -0.25) is 4.79 Å². The second kappa shape index (κ2) is 4.59. The maximum atomic E-state index is 13.7. The van der Waals surface area contributed by atoms with E-state index in [1.54, 1.807) is 0 Å². The fourth-order valence-corrected chi connectivity index (χ4v) is 1.82. The SMILES string of the molecule is O=C1CN(c2c(F)cc(C(=O)O)cc2F)CCN1. The number of amides is 1. The van der Waals surface area contributed by atoms with E-state index < -0.39 is 23.2 Å². The van der Waals surface area contributed by atoms with Crippen LogP contribution in [-0.4, -0.2) is 36.6 Å². The van der Waals surface area contributed by atoms with Crippen molar-refractivity contribution in [3.8, 4) is 0 Å². The molecular weight excluding hydrogens is 246 g/mol. The van der Waals surface area contributed by atoms with Gasteiger partial charge in [-0.05, 0) is 12.1 Å². The lowest BCUT2D eigenvalue weighted by Crippen LogP contribution is -2.48. The van der Waals surface area contributed by atoms with Crippen LogP contribution in [0.25, 0.3) is 0 Å². The molecular formula is C11H10F2N2O3. The Kier molecular flexibility index (Phi) is 3.14. The van der Waals surface area contributed by atoms with Crippen LogP contribution in [-0.2, 0) is 4.79 Å². The molecule has 1 aliphatic heterocycles. The molecule has 1 aromatic carbocycles. The molecule has 0 spiro atoms. The Balaban J connectivity index is 2.38. The van der Waals surface area contributed by atoms with Crippen molar-refractivity contribution in [1.82, 2.24) is 5.32 Å². The lowest BCUT2D eigenvalue weighted by atomic mass is 10.1. The summed E-state index contributed by atoms with van der Waals surface area (Å²) < 4.78 is 27.4. The Morgan fingerprint density at radius 1 is 1.33 bits per heavy atom. The molecule has 1 heterocycles. The molecule has 0 unspecified atom stereocenters. The Labute approximate surface area is 101 Å². The molecule has 1 saturated heterocycles. The molecule has 0 atom stereocenters. The van der Waals surface area contributed by atoms with Crippen LogP contribution in [0.3, 0.4) is 0 Å². The summed E-state index contributed by atoms with van der Waals surface area (Å²) in [6, 6.07) is 1.49. The first-order valence-electron chi connectivity index (χ1n) is 5.23. The van der Waals surface area contributed by atoms with Gasteiger partial charge in [0, 0.05) is 13.1 Å². The van der Waals surface area contributed by atoms with Crippen molar-refractivity contribution >= 4 is 17.6 Å². The fraction of sp³-hybridized carbons (Fsp3) is 0.273. The quantitative estimate of drug-likeness (QED) is 0.813. The highest BCUT2D eigenvalue weighted by Gasteiger charge is 2.24. The topological polar surface area (TPSA) is 69.6 Å². The van der Waals surface area contributed by atoms with Crippen LogP contribution >= 0.6 is 0 Å². The van der Waals surface area contributed by atoms with Gasteiger partial charge in [-0.25, -0.2) is 13.6 Å². The minimum atomic E-state index is -1.41. The second-order valence-corrected chi connectivity index (χ2v) is 3.87. The van der Waals surface area contributed by atoms with Gasteiger partial charge in [0.1, 0.15) is 17.3 Å². The van der Waals surface area contributed by atoms with Crippen LogP contribution in [0.1, 0.15) is 10.4 Å². The van der Waals surface area contributed by atoms with Crippen LogP contribution in [0.4, 0.5) is 14.5 Å². The van der Waals surface area contributed by atoms with Crippen LogP contribution in [0.2, 0.25) is 0 Å². The van der Waals surface area contributed by atoms with Gasteiger partial charge in [0.05, 0.1) is 12.1 Å². The number of benzene rings is 1. The number of nitrogens with one attached hydrogen (secondary N) is 1. The number of piperazine rings is 1. The van der Waals surface area contributed by atoms with Gasteiger partial charge in [-0.1, -0.05) is 0 Å². The van der Waals surface area contributed by atoms with E-state index in [2.05, 4.69) is 5.32 Å². The third-order valence-corrected chi connectivity index (χ3v) is 2.62. The van der Waals surface area contributed by atoms with Crippen molar-refractivity contribution in [3.05, 3.63) is 29.3 Å². The number of carboxylic acids is 1. The van der Waals surface area contributed by atoms with E-state index in [9.17, 15) is 18.4 Å². The average Bonchev–Trinajstić information content (AvgIpc) is 2.27. The number of nitrogens with zero attached hydrogens (tertiary/aromatic N) is 1. The summed E-state index contributed by atoms with van der Waals surface area (Å²) in [5.74, 6) is -3.71. The Hall–Kier alpha value is -2.18. The van der Waals surface area contributed by atoms with Crippen molar-refractivity contribution in [3.63, 3.8) is 0 Å². The number of carboxylic acid groups (broad SMARTS) is 1. The number of hydrogen-bond donors (Lipinski definition) is 2. The second-order valence-electron chi connectivity index (χ2n) is 3.87. The molecule has 1 fully saturated rings. The summed E-state index contributed by atoms with van der Waals surface area (Å²) in [6.45, 7) is 0.407. The van der Waals surface area contributed by atoms with Gasteiger partial charge in [-0.2, -0.15) is 0 Å². The zero-order chi connectivity index (χ0) is 13.3. The first kappa shape index (κ1) is 12.3. The van der Waals surface area contributed by atoms with Gasteiger partial charge < -0.3 is 15.3 Å². The summed E-state index contributed by atoms with van der Waals surface area (Å²) >= 11 is 0. The first-order valence-corrected chi connectivity index (χ1v) is 5.23. The molecule has 5 nitrogen and oxygen atoms in total. The van der Waals surface area contributed by atoms with E-state index in [1.165, 1.54) is 4.90 Å². The lowest BCUT2D eigenvalue weighted by Gasteiger charge is -2.29. The number of carbonyl (C=O) groups excluding carboxylic acids is 1. The highest BCUT2D eigenvalue weighted by atomic mass is 19.1. The van der Waals surface area contributed by atoms with E-state index in [0.717, 1.165) is 12.1 Å². The van der Waals surface area contributed by atoms with Crippen molar-refractivity contribution < 1.29 is 23.5 Å². The maximum absolute atomic E-state index is 13.7. The molecule has 0 radical (unpaired) electrons. The zero-order valence-corrected chi connectivity index (χ0v) is 9.24. The molecule has 1 amide bonds. The molecule has 7 heteroatoms. The third kappa shape index (κ3) is 2.24. The minimum Gasteiger partial charge on any atom is -0.478 e. The zero-order valence-electron chi connectivity index (χ0n) is 9.24. The van der Waals surface area contributed by atoms with Gasteiger partial charge in [0.2, 0.25) is 5.91 Å². The Morgan fingerprint density at radius 2 is 1.94 bits per heavy atom. The molecule has 18 heavy (non-hydrogen) atoms. The molecule has 1 aromatic rings. The van der Waals surface area contributed by atoms with Crippen LogP contribution < -0.4 is 10.2 Å². The predicted octanol–water partition coefficient (Wildman–Crippen LogP) is 0.599. The molecule has 96 valence electrons. The van der Waals surface area contributed by atoms with Crippen LogP contribution in [0.5, 0.6) is 0 Å². The third-order valence-electron chi connectivity index (χ3n) is 2.62. The standard InChI is InChI=1S/C11H10F2N2O3/c12-7-3-6(11(17)18)4-8(13)10(7)15-2-1-14-9(16)5-15/h3-4H,1-2,5H2,(H,14,16)(H,17,18). The first-order chi connectivity index (χ1) is 8.49. The monoisotopic (exact) mass is 256 g/mol. The molecule has 0 aliphatic carbocycles. The van der Waals surface area contributed by atoms with Gasteiger partial charge in [-0.15, -0.1) is 0 Å². The van der Waals surface area contributed by atoms with Crippen molar-refractivity contribution in [2.45, 2.75) is 0 Å². The highest BCUT2D eigenvalue weighted by Crippen LogP contribution is 2.25. The largest absolute Gasteiger partial charge is 0.478 e. The normalized spacial score (nSPS) is 15.4. The van der Waals surface area contributed by atoms with Crippen molar-refractivity contribution in [2.75, 3.05) is 24.5 Å². The molecule has 0 aromatic heterocycles. The van der Waals surface area contributed by atoms with Crippen LogP contribution in [0.15, 0.2) is 12.1 Å². The number of carbonyl (C=O) groups is 2.